The highest BCUT2D eigenvalue weighted by atomic mass is 32.2. The third-order valence-electron chi connectivity index (χ3n) is 4.48. The molecule has 0 aliphatic rings. The number of aryl methyl sites for hydroxylation is 1. The van der Waals surface area contributed by atoms with Crippen molar-refractivity contribution in [2.24, 2.45) is 0 Å². The van der Waals surface area contributed by atoms with Gasteiger partial charge in [-0.05, 0) is 30.2 Å². The SMILES string of the molecule is CCc1ccc(-c2cc(C(F)(F)F)on2)cc1S(=O)(=O)Nc1ccc(OC)cc1OC. The maximum absolute atomic E-state index is 13.1. The van der Waals surface area contributed by atoms with Crippen LogP contribution >= 0.6 is 0 Å². The molecule has 1 heterocycles. The molecule has 0 bridgehead atoms. The molecule has 166 valence electrons. The minimum atomic E-state index is -4.70. The van der Waals surface area contributed by atoms with Crippen LogP contribution in [0.1, 0.15) is 18.2 Å². The lowest BCUT2D eigenvalue weighted by Gasteiger charge is -2.15. The molecule has 31 heavy (non-hydrogen) atoms. The summed E-state index contributed by atoms with van der Waals surface area (Å²) in [5, 5.41) is 3.42. The molecule has 0 amide bonds. The average Bonchev–Trinajstić information content (AvgIpc) is 3.24. The standard InChI is InChI=1S/C20H19F3N2O5S/c1-4-12-5-6-13(16-11-19(30-24-16)20(21,22)23)9-18(12)31(26,27)25-15-8-7-14(28-2)10-17(15)29-3/h5-11,25H,4H2,1-3H3. The van der Waals surface area contributed by atoms with E-state index in [1.165, 1.54) is 44.6 Å². The van der Waals surface area contributed by atoms with Crippen molar-refractivity contribution >= 4 is 15.7 Å². The maximum atomic E-state index is 13.1. The smallest absolute Gasteiger partial charge is 0.452 e. The van der Waals surface area contributed by atoms with E-state index in [0.717, 1.165) is 6.07 Å². The fourth-order valence-electron chi connectivity index (χ4n) is 2.88. The molecule has 0 saturated heterocycles. The third-order valence-corrected chi connectivity index (χ3v) is 5.92. The Morgan fingerprint density at radius 1 is 1.06 bits per heavy atom. The summed E-state index contributed by atoms with van der Waals surface area (Å²) in [7, 11) is -1.27. The molecule has 1 aromatic heterocycles. The predicted molar refractivity (Wildman–Crippen MR) is 107 cm³/mol. The molecule has 0 fully saturated rings. The number of nitrogens with one attached hydrogen (secondary N) is 1. The van der Waals surface area contributed by atoms with Gasteiger partial charge >= 0.3 is 6.18 Å². The summed E-state index contributed by atoms with van der Waals surface area (Å²) >= 11 is 0. The molecule has 3 aromatic rings. The van der Waals surface area contributed by atoms with E-state index in [9.17, 15) is 21.6 Å². The molecular weight excluding hydrogens is 437 g/mol. The first-order valence-corrected chi connectivity index (χ1v) is 10.5. The molecule has 7 nitrogen and oxygen atoms in total. The molecule has 0 aliphatic heterocycles. The lowest BCUT2D eigenvalue weighted by Crippen LogP contribution is -2.15. The van der Waals surface area contributed by atoms with E-state index in [-0.39, 0.29) is 27.6 Å². The number of sulfonamides is 1. The highest BCUT2D eigenvalue weighted by Gasteiger charge is 2.36. The van der Waals surface area contributed by atoms with Gasteiger partial charge in [0.05, 0.1) is 24.8 Å². The number of halogens is 3. The number of ether oxygens (including phenoxy) is 2. The molecular formula is C20H19F3N2O5S. The summed E-state index contributed by atoms with van der Waals surface area (Å²) < 4.78 is 81.8. The first kappa shape index (κ1) is 22.5. The van der Waals surface area contributed by atoms with Gasteiger partial charge in [0.25, 0.3) is 10.0 Å². The second kappa shape index (κ2) is 8.50. The molecule has 3 rings (SSSR count). The van der Waals surface area contributed by atoms with Gasteiger partial charge in [-0.3, -0.25) is 4.72 Å². The van der Waals surface area contributed by atoms with Crippen molar-refractivity contribution in [2.75, 3.05) is 18.9 Å². The Morgan fingerprint density at radius 3 is 2.39 bits per heavy atom. The van der Waals surface area contributed by atoms with Gasteiger partial charge in [0.1, 0.15) is 17.2 Å². The van der Waals surface area contributed by atoms with Crippen LogP contribution in [0.3, 0.4) is 0 Å². The Balaban J connectivity index is 2.03. The molecule has 0 radical (unpaired) electrons. The van der Waals surface area contributed by atoms with Crippen LogP contribution in [0.25, 0.3) is 11.3 Å². The fourth-order valence-corrected chi connectivity index (χ4v) is 4.29. The van der Waals surface area contributed by atoms with E-state index in [0.29, 0.717) is 17.7 Å². The Morgan fingerprint density at radius 2 is 1.81 bits per heavy atom. The zero-order valence-electron chi connectivity index (χ0n) is 16.8. The van der Waals surface area contributed by atoms with Crippen molar-refractivity contribution < 1.29 is 35.6 Å². The van der Waals surface area contributed by atoms with Crippen LogP contribution in [0.15, 0.2) is 51.9 Å². The summed E-state index contributed by atoms with van der Waals surface area (Å²) in [5.74, 6) is -0.557. The van der Waals surface area contributed by atoms with Crippen LogP contribution in [0.4, 0.5) is 18.9 Å². The number of aromatic nitrogens is 1. The third kappa shape index (κ3) is 4.76. The normalized spacial score (nSPS) is 11.9. The number of anilines is 1. The van der Waals surface area contributed by atoms with Gasteiger partial charge in [-0.15, -0.1) is 0 Å². The van der Waals surface area contributed by atoms with E-state index >= 15 is 0 Å². The van der Waals surface area contributed by atoms with Gasteiger partial charge in [-0.1, -0.05) is 24.2 Å². The van der Waals surface area contributed by atoms with Crippen LogP contribution in [0.2, 0.25) is 0 Å². The lowest BCUT2D eigenvalue weighted by atomic mass is 10.1. The molecule has 0 atom stereocenters. The number of hydrogen-bond acceptors (Lipinski definition) is 6. The van der Waals surface area contributed by atoms with Gasteiger partial charge in [0.2, 0.25) is 5.76 Å². The van der Waals surface area contributed by atoms with E-state index in [1.54, 1.807) is 13.0 Å². The highest BCUT2D eigenvalue weighted by Crippen LogP contribution is 2.35. The van der Waals surface area contributed by atoms with Gasteiger partial charge in [0.15, 0.2) is 0 Å². The van der Waals surface area contributed by atoms with Crippen LogP contribution < -0.4 is 14.2 Å². The van der Waals surface area contributed by atoms with Crippen molar-refractivity contribution in [3.8, 4) is 22.8 Å². The van der Waals surface area contributed by atoms with E-state index < -0.39 is 22.0 Å². The van der Waals surface area contributed by atoms with Crippen LogP contribution in [0.5, 0.6) is 11.5 Å². The van der Waals surface area contributed by atoms with Crippen molar-refractivity contribution in [3.63, 3.8) is 0 Å². The second-order valence-corrected chi connectivity index (χ2v) is 8.07. The Hall–Kier alpha value is -3.21. The molecule has 11 heteroatoms. The van der Waals surface area contributed by atoms with Gasteiger partial charge < -0.3 is 14.0 Å². The second-order valence-electron chi connectivity index (χ2n) is 6.42. The van der Waals surface area contributed by atoms with Crippen molar-refractivity contribution in [2.45, 2.75) is 24.4 Å². The maximum Gasteiger partial charge on any atom is 0.452 e. The summed E-state index contributed by atoms with van der Waals surface area (Å²) in [6.45, 7) is 1.76. The van der Waals surface area contributed by atoms with E-state index in [4.69, 9.17) is 9.47 Å². The van der Waals surface area contributed by atoms with Gasteiger partial charge in [0, 0.05) is 17.7 Å². The molecule has 0 spiro atoms. The number of alkyl halides is 3. The fraction of sp³-hybridized carbons (Fsp3) is 0.250. The number of rotatable bonds is 7. The largest absolute Gasteiger partial charge is 0.497 e. The lowest BCUT2D eigenvalue weighted by molar-refractivity contribution is -0.155. The van der Waals surface area contributed by atoms with Crippen LogP contribution in [-0.2, 0) is 22.6 Å². The van der Waals surface area contributed by atoms with Gasteiger partial charge in [-0.25, -0.2) is 8.42 Å². The minimum absolute atomic E-state index is 0.0954. The van der Waals surface area contributed by atoms with E-state index in [1.807, 2.05) is 0 Å². The Kier molecular flexibility index (Phi) is 6.16. The zero-order chi connectivity index (χ0) is 22.8. The molecule has 2 aromatic carbocycles. The number of nitrogens with zero attached hydrogens (tertiary/aromatic N) is 1. The average molecular weight is 456 g/mol. The zero-order valence-corrected chi connectivity index (χ0v) is 17.6. The Labute approximate surface area is 176 Å². The molecule has 1 N–H and O–H groups in total. The van der Waals surface area contributed by atoms with Crippen LogP contribution in [-0.4, -0.2) is 27.8 Å². The number of hydrogen-bond donors (Lipinski definition) is 1. The summed E-state index contributed by atoms with van der Waals surface area (Å²) in [5.41, 5.74) is 0.687. The molecule has 0 aliphatic carbocycles. The summed E-state index contributed by atoms with van der Waals surface area (Å²) in [6.07, 6.45) is -4.32. The van der Waals surface area contributed by atoms with Crippen molar-refractivity contribution in [3.05, 3.63) is 53.8 Å². The molecule has 0 saturated carbocycles. The summed E-state index contributed by atoms with van der Waals surface area (Å²) in [4.78, 5) is -0.0954. The van der Waals surface area contributed by atoms with Gasteiger partial charge in [-0.2, -0.15) is 13.2 Å². The minimum Gasteiger partial charge on any atom is -0.497 e. The monoisotopic (exact) mass is 456 g/mol. The summed E-state index contributed by atoms with van der Waals surface area (Å²) in [6, 6.07) is 9.56. The first-order chi connectivity index (χ1) is 14.6. The Bertz CT molecular complexity index is 1190. The number of benzene rings is 2. The van der Waals surface area contributed by atoms with Crippen molar-refractivity contribution in [1.82, 2.24) is 5.16 Å². The highest BCUT2D eigenvalue weighted by molar-refractivity contribution is 7.92. The predicted octanol–water partition coefficient (Wildman–Crippen LogP) is 4.74. The van der Waals surface area contributed by atoms with Crippen molar-refractivity contribution in [1.29, 1.82) is 0 Å². The van der Waals surface area contributed by atoms with Crippen LogP contribution in [0, 0.1) is 0 Å². The van der Waals surface area contributed by atoms with E-state index in [2.05, 4.69) is 14.4 Å². The number of methoxy groups -OCH3 is 2. The topological polar surface area (TPSA) is 90.7 Å². The quantitative estimate of drug-likeness (QED) is 0.552. The molecule has 0 unspecified atom stereocenters. The first-order valence-electron chi connectivity index (χ1n) is 9.01.